The van der Waals surface area contributed by atoms with E-state index in [1.54, 1.807) is 50.2 Å². The van der Waals surface area contributed by atoms with Crippen molar-refractivity contribution in [2.24, 2.45) is 0 Å². The number of hydrogen-bond donors (Lipinski definition) is 0. The fourth-order valence-corrected chi connectivity index (χ4v) is 2.92. The molecule has 0 amide bonds. The van der Waals surface area contributed by atoms with Gasteiger partial charge in [-0.05, 0) is 26.0 Å². The van der Waals surface area contributed by atoms with E-state index in [1.807, 2.05) is 0 Å². The first kappa shape index (κ1) is 22.4. The number of para-hydroxylation sites is 2. The van der Waals surface area contributed by atoms with Crippen LogP contribution in [0.3, 0.4) is 0 Å². The summed E-state index contributed by atoms with van der Waals surface area (Å²) >= 11 is 22.3. The number of nitro benzene ring substituents is 2. The minimum absolute atomic E-state index is 0.00231. The minimum atomic E-state index is -0.861. The van der Waals surface area contributed by atoms with Gasteiger partial charge < -0.3 is 0 Å². The lowest BCUT2D eigenvalue weighted by atomic mass is 10.1. The van der Waals surface area contributed by atoms with Gasteiger partial charge in [0, 0.05) is 11.1 Å². The zero-order valence-corrected chi connectivity index (χ0v) is 16.7. The third kappa shape index (κ3) is 5.71. The maximum atomic E-state index is 10.6. The molecule has 0 saturated heterocycles. The average molecular weight is 440 g/mol. The lowest BCUT2D eigenvalue weighted by Crippen LogP contribution is -1.97. The molecule has 10 heteroatoms. The maximum absolute atomic E-state index is 10.6. The van der Waals surface area contributed by atoms with Crippen molar-refractivity contribution in [3.05, 3.63) is 78.9 Å². The Morgan fingerprint density at radius 1 is 0.731 bits per heavy atom. The van der Waals surface area contributed by atoms with E-state index < -0.39 is 19.5 Å². The van der Waals surface area contributed by atoms with Crippen LogP contribution in [0, 0.1) is 34.1 Å². The Kier molecular flexibility index (Phi) is 8.56. The molecule has 2 rings (SSSR count). The zero-order chi connectivity index (χ0) is 20.0. The van der Waals surface area contributed by atoms with Crippen molar-refractivity contribution in [1.82, 2.24) is 0 Å². The van der Waals surface area contributed by atoms with Crippen LogP contribution >= 0.6 is 46.4 Å². The van der Waals surface area contributed by atoms with Gasteiger partial charge in [0.25, 0.3) is 11.4 Å². The first-order valence-corrected chi connectivity index (χ1v) is 8.86. The van der Waals surface area contributed by atoms with E-state index in [0.29, 0.717) is 22.3 Å². The summed E-state index contributed by atoms with van der Waals surface area (Å²) in [5.74, 6) is 0. The topological polar surface area (TPSA) is 86.3 Å². The average Bonchev–Trinajstić information content (AvgIpc) is 2.54. The van der Waals surface area contributed by atoms with Crippen molar-refractivity contribution in [2.45, 2.75) is 23.5 Å². The SMILES string of the molecule is Cc1cccc(C(Cl)Cl)c1[N+](=O)[O-].Cc1cccc(C(Cl)Cl)c1[N+](=O)[O-]. The summed E-state index contributed by atoms with van der Waals surface area (Å²) in [6, 6.07) is 9.78. The fourth-order valence-electron chi connectivity index (χ4n) is 2.21. The molecule has 0 atom stereocenters. The molecule has 2 aromatic carbocycles. The Balaban J connectivity index is 0.000000260. The van der Waals surface area contributed by atoms with E-state index in [0.717, 1.165) is 0 Å². The highest BCUT2D eigenvalue weighted by atomic mass is 35.5. The van der Waals surface area contributed by atoms with Gasteiger partial charge in [0.1, 0.15) is 9.67 Å². The lowest BCUT2D eigenvalue weighted by molar-refractivity contribution is -0.386. The summed E-state index contributed by atoms with van der Waals surface area (Å²) in [5, 5.41) is 21.3. The van der Waals surface area contributed by atoms with Gasteiger partial charge in [0.05, 0.1) is 21.0 Å². The van der Waals surface area contributed by atoms with Gasteiger partial charge in [-0.2, -0.15) is 0 Å². The number of nitrogens with zero attached hydrogens (tertiary/aromatic N) is 2. The van der Waals surface area contributed by atoms with E-state index in [-0.39, 0.29) is 11.4 Å². The van der Waals surface area contributed by atoms with Crippen molar-refractivity contribution in [3.8, 4) is 0 Å². The molecule has 0 spiro atoms. The van der Waals surface area contributed by atoms with Crippen LogP contribution in [0.2, 0.25) is 0 Å². The predicted octanol–water partition coefficient (Wildman–Crippen LogP) is 6.76. The van der Waals surface area contributed by atoms with Crippen LogP contribution in [0.1, 0.15) is 31.9 Å². The molecule has 0 aromatic heterocycles. The highest BCUT2D eigenvalue weighted by Gasteiger charge is 2.21. The highest BCUT2D eigenvalue weighted by Crippen LogP contribution is 2.35. The van der Waals surface area contributed by atoms with Crippen LogP contribution in [0.5, 0.6) is 0 Å². The van der Waals surface area contributed by atoms with Crippen LogP contribution in [-0.2, 0) is 0 Å². The molecule has 140 valence electrons. The third-order valence-electron chi connectivity index (χ3n) is 3.37. The van der Waals surface area contributed by atoms with Crippen LogP contribution < -0.4 is 0 Å². The van der Waals surface area contributed by atoms with Gasteiger partial charge in [-0.1, -0.05) is 70.7 Å². The van der Waals surface area contributed by atoms with Gasteiger partial charge in [-0.15, -0.1) is 0 Å². The van der Waals surface area contributed by atoms with Crippen molar-refractivity contribution in [2.75, 3.05) is 0 Å². The molecular weight excluding hydrogens is 426 g/mol. The number of halogens is 4. The van der Waals surface area contributed by atoms with Crippen LogP contribution in [0.15, 0.2) is 36.4 Å². The summed E-state index contributed by atoms with van der Waals surface area (Å²) in [4.78, 5) is 18.6. The molecule has 0 unspecified atom stereocenters. The number of benzene rings is 2. The molecule has 0 saturated carbocycles. The normalized spacial score (nSPS) is 10.5. The molecule has 0 aliphatic heterocycles. The number of rotatable bonds is 4. The van der Waals surface area contributed by atoms with Crippen LogP contribution in [0.25, 0.3) is 0 Å². The fraction of sp³-hybridized carbons (Fsp3) is 0.250. The second-order valence-corrected chi connectivity index (χ2v) is 7.33. The number of hydrogen-bond acceptors (Lipinski definition) is 4. The van der Waals surface area contributed by atoms with E-state index in [4.69, 9.17) is 46.4 Å². The molecule has 0 N–H and O–H groups in total. The van der Waals surface area contributed by atoms with Crippen molar-refractivity contribution in [3.63, 3.8) is 0 Å². The minimum Gasteiger partial charge on any atom is -0.258 e. The lowest BCUT2D eigenvalue weighted by Gasteiger charge is -2.04. The molecule has 0 fully saturated rings. The Hall–Kier alpha value is -1.60. The van der Waals surface area contributed by atoms with Gasteiger partial charge in [0.2, 0.25) is 0 Å². The second-order valence-electron chi connectivity index (χ2n) is 5.14. The Bertz CT molecular complexity index is 745. The molecule has 26 heavy (non-hydrogen) atoms. The quantitative estimate of drug-likeness (QED) is 0.299. The zero-order valence-electron chi connectivity index (χ0n) is 13.7. The number of alkyl halides is 4. The molecular formula is C16H14Cl4N2O4. The molecule has 6 nitrogen and oxygen atoms in total. The Morgan fingerprint density at radius 3 is 1.23 bits per heavy atom. The molecule has 0 aliphatic carbocycles. The van der Waals surface area contributed by atoms with Gasteiger partial charge in [-0.25, -0.2) is 0 Å². The van der Waals surface area contributed by atoms with Crippen molar-refractivity contribution in [1.29, 1.82) is 0 Å². The molecule has 0 radical (unpaired) electrons. The third-order valence-corrected chi connectivity index (χ3v) is 4.31. The highest BCUT2D eigenvalue weighted by molar-refractivity contribution is 6.44. The first-order chi connectivity index (χ1) is 12.1. The van der Waals surface area contributed by atoms with E-state index >= 15 is 0 Å². The van der Waals surface area contributed by atoms with Crippen LogP contribution in [-0.4, -0.2) is 9.85 Å². The number of nitro groups is 2. The van der Waals surface area contributed by atoms with Crippen molar-refractivity contribution < 1.29 is 9.85 Å². The molecule has 0 bridgehead atoms. The van der Waals surface area contributed by atoms with Gasteiger partial charge >= 0.3 is 0 Å². The van der Waals surface area contributed by atoms with Crippen LogP contribution in [0.4, 0.5) is 11.4 Å². The molecule has 0 heterocycles. The first-order valence-electron chi connectivity index (χ1n) is 7.12. The van der Waals surface area contributed by atoms with Gasteiger partial charge in [-0.3, -0.25) is 20.2 Å². The molecule has 0 aliphatic rings. The largest absolute Gasteiger partial charge is 0.278 e. The number of aryl methyl sites for hydroxylation is 2. The second kappa shape index (κ2) is 9.92. The standard InChI is InChI=1S/2C8H7Cl2NO2/c2*1-5-3-2-4-6(8(9)10)7(5)11(12)13/h2*2-4,8H,1H3. The van der Waals surface area contributed by atoms with Crippen molar-refractivity contribution >= 4 is 57.8 Å². The summed E-state index contributed by atoms with van der Waals surface area (Å²) in [6.45, 7) is 3.30. The maximum Gasteiger partial charge on any atom is 0.278 e. The summed E-state index contributed by atoms with van der Waals surface area (Å²) in [5.41, 5.74) is 1.80. The van der Waals surface area contributed by atoms with Gasteiger partial charge in [0.15, 0.2) is 0 Å². The molecule has 2 aromatic rings. The summed E-state index contributed by atoms with van der Waals surface area (Å²) in [6.07, 6.45) is 0. The Morgan fingerprint density at radius 2 is 1.04 bits per heavy atom. The van der Waals surface area contributed by atoms with E-state index in [9.17, 15) is 20.2 Å². The summed E-state index contributed by atoms with van der Waals surface area (Å²) < 4.78 is 0. The summed E-state index contributed by atoms with van der Waals surface area (Å²) in [7, 11) is 0. The van der Waals surface area contributed by atoms with E-state index in [2.05, 4.69) is 0 Å². The van der Waals surface area contributed by atoms with E-state index in [1.165, 1.54) is 0 Å². The monoisotopic (exact) mass is 438 g/mol. The Labute approximate surface area is 169 Å². The predicted molar refractivity (Wildman–Crippen MR) is 105 cm³/mol. The smallest absolute Gasteiger partial charge is 0.258 e.